The highest BCUT2D eigenvalue weighted by Gasteiger charge is 2.53. The number of anilines is 2. The minimum Gasteiger partial charge on any atom is -0.495 e. The second-order valence-electron chi connectivity index (χ2n) is 7.02. The molecule has 0 unspecified atom stereocenters. The first kappa shape index (κ1) is 21.0. The van der Waals surface area contributed by atoms with Gasteiger partial charge in [-0.15, -0.1) is 11.8 Å². The summed E-state index contributed by atoms with van der Waals surface area (Å²) in [6.45, 7) is 2.82. The highest BCUT2D eigenvalue weighted by atomic mass is 32.2. The maximum Gasteiger partial charge on any atom is 0.330 e. The zero-order valence-electron chi connectivity index (χ0n) is 16.4. The number of hydrogen-bond donors (Lipinski definition) is 2. The lowest BCUT2D eigenvalue weighted by Gasteiger charge is -2.29. The van der Waals surface area contributed by atoms with Gasteiger partial charge in [-0.05, 0) is 31.5 Å². The Balaban J connectivity index is 1.59. The molecule has 0 bridgehead atoms. The number of carbonyl (C=O) groups is 4. The number of esters is 1. The van der Waals surface area contributed by atoms with E-state index in [1.165, 1.54) is 14.0 Å². The van der Waals surface area contributed by atoms with Crippen LogP contribution in [0.2, 0.25) is 0 Å². The number of fused-ring (bicyclic) bond motifs is 1. The minimum absolute atomic E-state index is 0.0663. The molecule has 2 aliphatic rings. The van der Waals surface area contributed by atoms with Gasteiger partial charge in [0.05, 0.1) is 17.7 Å². The predicted octanol–water partition coefficient (Wildman–Crippen LogP) is 1.59. The van der Waals surface area contributed by atoms with Crippen molar-refractivity contribution in [3.05, 3.63) is 18.2 Å². The van der Waals surface area contributed by atoms with E-state index < -0.39 is 24.5 Å². The largest absolute Gasteiger partial charge is 0.495 e. The van der Waals surface area contributed by atoms with Crippen LogP contribution in [0.15, 0.2) is 18.2 Å². The lowest BCUT2D eigenvalue weighted by molar-refractivity contribution is -0.155. The van der Waals surface area contributed by atoms with Gasteiger partial charge in [0.15, 0.2) is 6.61 Å². The molecule has 2 N–H and O–H groups in total. The van der Waals surface area contributed by atoms with Crippen molar-refractivity contribution in [3.63, 3.8) is 0 Å². The lowest BCUT2D eigenvalue weighted by atomic mass is 10.2. The van der Waals surface area contributed by atoms with Crippen LogP contribution in [0.4, 0.5) is 11.4 Å². The molecule has 2 saturated heterocycles. The molecule has 2 heterocycles. The average Bonchev–Trinajstić information content (AvgIpc) is 3.15. The van der Waals surface area contributed by atoms with E-state index in [9.17, 15) is 19.2 Å². The Kier molecular flexibility index (Phi) is 6.02. The van der Waals surface area contributed by atoms with Gasteiger partial charge in [0.1, 0.15) is 11.8 Å². The molecular formula is C19H23N3O6S. The van der Waals surface area contributed by atoms with Crippen LogP contribution in [0.1, 0.15) is 26.7 Å². The molecule has 0 aromatic heterocycles. The fourth-order valence-corrected chi connectivity index (χ4v) is 4.92. The van der Waals surface area contributed by atoms with Gasteiger partial charge in [-0.3, -0.25) is 14.4 Å². The molecular weight excluding hydrogens is 398 g/mol. The van der Waals surface area contributed by atoms with E-state index in [-0.39, 0.29) is 16.7 Å². The summed E-state index contributed by atoms with van der Waals surface area (Å²) in [5, 5.41) is 5.22. The molecule has 3 rings (SSSR count). The number of nitrogens with one attached hydrogen (secondary N) is 2. The van der Waals surface area contributed by atoms with Gasteiger partial charge in [0.2, 0.25) is 11.8 Å². The molecule has 0 spiro atoms. The summed E-state index contributed by atoms with van der Waals surface area (Å²) in [4.78, 5) is 49.3. The van der Waals surface area contributed by atoms with Gasteiger partial charge >= 0.3 is 5.97 Å². The van der Waals surface area contributed by atoms with Crippen molar-refractivity contribution in [2.45, 2.75) is 37.6 Å². The number of rotatable bonds is 6. The van der Waals surface area contributed by atoms with Crippen molar-refractivity contribution in [2.24, 2.45) is 0 Å². The summed E-state index contributed by atoms with van der Waals surface area (Å²) in [5.74, 6) is -0.620. The molecule has 2 atom stereocenters. The monoisotopic (exact) mass is 421 g/mol. The number of carbonyl (C=O) groups excluding carboxylic acids is 4. The van der Waals surface area contributed by atoms with E-state index in [0.29, 0.717) is 35.7 Å². The third-order valence-electron chi connectivity index (χ3n) is 4.86. The van der Waals surface area contributed by atoms with Gasteiger partial charge in [0.25, 0.3) is 5.91 Å². The molecule has 1 aromatic rings. The van der Waals surface area contributed by atoms with Gasteiger partial charge in [-0.1, -0.05) is 0 Å². The lowest BCUT2D eigenvalue weighted by Crippen LogP contribution is -2.47. The average molecular weight is 421 g/mol. The van der Waals surface area contributed by atoms with Crippen LogP contribution >= 0.6 is 11.8 Å². The van der Waals surface area contributed by atoms with Crippen molar-refractivity contribution in [2.75, 3.05) is 30.1 Å². The molecule has 0 aliphatic carbocycles. The second kappa shape index (κ2) is 8.32. The van der Waals surface area contributed by atoms with E-state index in [2.05, 4.69) is 10.6 Å². The number of ether oxygens (including phenoxy) is 2. The maximum absolute atomic E-state index is 12.4. The maximum atomic E-state index is 12.4. The van der Waals surface area contributed by atoms with Crippen LogP contribution in [-0.4, -0.2) is 59.0 Å². The first-order valence-electron chi connectivity index (χ1n) is 9.12. The van der Waals surface area contributed by atoms with Crippen LogP contribution in [0.5, 0.6) is 5.75 Å². The summed E-state index contributed by atoms with van der Waals surface area (Å²) >= 11 is 1.56. The molecule has 156 valence electrons. The third-order valence-corrected chi connectivity index (χ3v) is 6.36. The minimum atomic E-state index is -0.676. The molecule has 10 heteroatoms. The Bertz CT molecular complexity index is 860. The Morgan fingerprint density at radius 1 is 1.31 bits per heavy atom. The summed E-state index contributed by atoms with van der Waals surface area (Å²) < 4.78 is 10.4. The van der Waals surface area contributed by atoms with Gasteiger partial charge in [0, 0.05) is 24.8 Å². The first-order valence-corrected chi connectivity index (χ1v) is 10.1. The fraction of sp³-hybridized carbons (Fsp3) is 0.474. The van der Waals surface area contributed by atoms with Crippen LogP contribution in [0.25, 0.3) is 0 Å². The normalized spacial score (nSPS) is 22.8. The highest BCUT2D eigenvalue weighted by Crippen LogP contribution is 2.47. The van der Waals surface area contributed by atoms with Crippen molar-refractivity contribution in [1.82, 2.24) is 4.90 Å². The first-order chi connectivity index (χ1) is 13.7. The number of nitrogens with zero attached hydrogens (tertiary/aromatic N) is 1. The molecule has 29 heavy (non-hydrogen) atoms. The highest BCUT2D eigenvalue weighted by molar-refractivity contribution is 8.01. The number of methoxy groups -OCH3 is 1. The zero-order valence-corrected chi connectivity index (χ0v) is 17.3. The SMILES string of the molecule is COc1ccc(NC(C)=O)cc1NC(=O)COC(=O)[C@H]1CS[C@]2(C)CCC(=O)N12. The summed E-state index contributed by atoms with van der Waals surface area (Å²) in [6.07, 6.45) is 1.11. The van der Waals surface area contributed by atoms with E-state index in [1.54, 1.807) is 34.9 Å². The van der Waals surface area contributed by atoms with Crippen molar-refractivity contribution in [3.8, 4) is 5.75 Å². The van der Waals surface area contributed by atoms with E-state index in [4.69, 9.17) is 9.47 Å². The molecule has 0 radical (unpaired) electrons. The van der Waals surface area contributed by atoms with Gasteiger partial charge in [-0.2, -0.15) is 0 Å². The van der Waals surface area contributed by atoms with Gasteiger partial charge < -0.3 is 25.0 Å². The zero-order chi connectivity index (χ0) is 21.2. The van der Waals surface area contributed by atoms with Crippen LogP contribution in [0.3, 0.4) is 0 Å². The van der Waals surface area contributed by atoms with Crippen LogP contribution in [0, 0.1) is 0 Å². The Labute approximate surface area is 172 Å². The summed E-state index contributed by atoms with van der Waals surface area (Å²) in [6, 6.07) is 4.10. The van der Waals surface area contributed by atoms with Crippen molar-refractivity contribution >= 4 is 46.8 Å². The van der Waals surface area contributed by atoms with Crippen LogP contribution in [-0.2, 0) is 23.9 Å². The molecule has 9 nitrogen and oxygen atoms in total. The quantitative estimate of drug-likeness (QED) is 0.671. The van der Waals surface area contributed by atoms with Crippen molar-refractivity contribution in [1.29, 1.82) is 0 Å². The van der Waals surface area contributed by atoms with E-state index >= 15 is 0 Å². The molecule has 3 amide bonds. The smallest absolute Gasteiger partial charge is 0.330 e. The van der Waals surface area contributed by atoms with E-state index in [0.717, 1.165) is 0 Å². The Morgan fingerprint density at radius 2 is 2.07 bits per heavy atom. The Morgan fingerprint density at radius 3 is 2.76 bits per heavy atom. The van der Waals surface area contributed by atoms with Gasteiger partial charge in [-0.25, -0.2) is 4.79 Å². The standard InChI is InChI=1S/C19H23N3O6S/c1-11(23)20-12-4-5-15(27-3)13(8-12)21-16(24)9-28-18(26)14-10-29-19(2)7-6-17(25)22(14)19/h4-5,8,14H,6-7,9-10H2,1-3H3,(H,20,23)(H,21,24)/t14-,19-/m1/s1. The summed E-state index contributed by atoms with van der Waals surface area (Å²) in [5.41, 5.74) is 0.818. The third kappa shape index (κ3) is 4.47. The number of thioether (sulfide) groups is 1. The van der Waals surface area contributed by atoms with E-state index in [1.807, 2.05) is 6.92 Å². The number of hydrogen-bond acceptors (Lipinski definition) is 7. The number of benzene rings is 1. The van der Waals surface area contributed by atoms with Crippen molar-refractivity contribution < 1.29 is 28.7 Å². The topological polar surface area (TPSA) is 114 Å². The summed E-state index contributed by atoms with van der Waals surface area (Å²) in [7, 11) is 1.45. The van der Waals surface area contributed by atoms with Crippen LogP contribution < -0.4 is 15.4 Å². The fourth-order valence-electron chi connectivity index (χ4n) is 3.50. The molecule has 2 fully saturated rings. The second-order valence-corrected chi connectivity index (χ2v) is 8.52. The molecule has 1 aromatic carbocycles. The Hall–Kier alpha value is -2.75. The molecule has 2 aliphatic heterocycles. The predicted molar refractivity (Wildman–Crippen MR) is 108 cm³/mol. The number of amides is 3. The molecule has 0 saturated carbocycles.